The monoisotopic (exact) mass is 480 g/mol. The first kappa shape index (κ1) is 22.1. The molecule has 10 heteroatoms. The third-order valence-electron chi connectivity index (χ3n) is 6.81. The van der Waals surface area contributed by atoms with Gasteiger partial charge in [-0.3, -0.25) is 0 Å². The molecule has 0 amide bonds. The van der Waals surface area contributed by atoms with Crippen LogP contribution in [0.4, 0.5) is 26.2 Å². The van der Waals surface area contributed by atoms with Crippen molar-refractivity contribution >= 4 is 17.5 Å². The van der Waals surface area contributed by atoms with Crippen LogP contribution in [0.25, 0.3) is 11.3 Å². The molecule has 3 aliphatic rings. The summed E-state index contributed by atoms with van der Waals surface area (Å²) >= 11 is 0. The molecule has 2 N–H and O–H groups in total. The first-order chi connectivity index (χ1) is 17.2. The molecule has 6 rings (SSSR count). The minimum absolute atomic E-state index is 0.0138. The molecule has 2 aromatic heterocycles. The van der Waals surface area contributed by atoms with E-state index in [-0.39, 0.29) is 23.4 Å². The van der Waals surface area contributed by atoms with Crippen LogP contribution in [0.3, 0.4) is 0 Å². The van der Waals surface area contributed by atoms with Gasteiger partial charge in [-0.2, -0.15) is 0 Å². The number of rotatable bonds is 5. The van der Waals surface area contributed by atoms with E-state index in [2.05, 4.69) is 30.5 Å². The molecule has 0 spiro atoms. The van der Waals surface area contributed by atoms with E-state index < -0.39 is 11.6 Å². The number of aromatic nitrogens is 3. The van der Waals surface area contributed by atoms with Crippen molar-refractivity contribution < 1.29 is 18.3 Å². The minimum Gasteiger partial charge on any atom is -0.486 e. The van der Waals surface area contributed by atoms with E-state index >= 15 is 4.39 Å². The van der Waals surface area contributed by atoms with Crippen molar-refractivity contribution in [1.29, 1.82) is 0 Å². The number of hydrogen-bond donors (Lipinski definition) is 2. The zero-order valence-electron chi connectivity index (χ0n) is 19.1. The standard InChI is InChI=1S/C25H26F2N6O2/c26-18-11-15(12-21-23(18)35-10-8-33(21)16-3-1-4-16)22-19(27)13-30-25(31-22)32-24-17(5-2-6-29-24)20-14-34-9-7-28-20/h2,5-6,11-13,16,20,28H,1,3-4,7-10,14H2,(H,29,30,31,32). The molecule has 1 aliphatic carbocycles. The second kappa shape index (κ2) is 9.35. The molecule has 1 atom stereocenters. The Bertz CT molecular complexity index is 1230. The molecular weight excluding hydrogens is 454 g/mol. The van der Waals surface area contributed by atoms with Crippen molar-refractivity contribution in [3.63, 3.8) is 0 Å². The Morgan fingerprint density at radius 3 is 2.83 bits per heavy atom. The van der Waals surface area contributed by atoms with Gasteiger partial charge in [-0.25, -0.2) is 23.7 Å². The lowest BCUT2D eigenvalue weighted by atomic mass is 9.90. The summed E-state index contributed by atoms with van der Waals surface area (Å²) in [5, 5.41) is 6.51. The Balaban J connectivity index is 1.34. The fourth-order valence-electron chi connectivity index (χ4n) is 4.82. The van der Waals surface area contributed by atoms with Gasteiger partial charge in [0.2, 0.25) is 5.95 Å². The third kappa shape index (κ3) is 4.28. The molecule has 4 heterocycles. The lowest BCUT2D eigenvalue weighted by Crippen LogP contribution is -2.44. The van der Waals surface area contributed by atoms with Crippen LogP contribution in [0, 0.1) is 11.6 Å². The Hall–Kier alpha value is -3.37. The molecule has 2 aliphatic heterocycles. The summed E-state index contributed by atoms with van der Waals surface area (Å²) in [5.74, 6) is -0.215. The molecule has 182 valence electrons. The number of fused-ring (bicyclic) bond motifs is 1. The number of hydrogen-bond acceptors (Lipinski definition) is 8. The normalized spacial score (nSPS) is 20.1. The summed E-state index contributed by atoms with van der Waals surface area (Å²) in [6, 6.07) is 7.15. The van der Waals surface area contributed by atoms with Crippen LogP contribution >= 0.6 is 0 Å². The maximum atomic E-state index is 15.1. The first-order valence-electron chi connectivity index (χ1n) is 12.0. The van der Waals surface area contributed by atoms with Crippen molar-refractivity contribution in [3.05, 3.63) is 53.9 Å². The van der Waals surface area contributed by atoms with Gasteiger partial charge < -0.3 is 25.0 Å². The summed E-state index contributed by atoms with van der Waals surface area (Å²) in [6.07, 6.45) is 6.04. The minimum atomic E-state index is -0.634. The number of nitrogens with one attached hydrogen (secondary N) is 2. The fourth-order valence-corrected chi connectivity index (χ4v) is 4.82. The van der Waals surface area contributed by atoms with Crippen molar-refractivity contribution in [2.24, 2.45) is 0 Å². The average molecular weight is 481 g/mol. The molecule has 0 radical (unpaired) electrons. The van der Waals surface area contributed by atoms with Crippen molar-refractivity contribution in [3.8, 4) is 17.0 Å². The van der Waals surface area contributed by atoms with Gasteiger partial charge >= 0.3 is 0 Å². The number of pyridine rings is 1. The second-order valence-corrected chi connectivity index (χ2v) is 8.97. The number of nitrogens with zero attached hydrogens (tertiary/aromatic N) is 4. The molecule has 1 aromatic carbocycles. The molecule has 3 aromatic rings. The number of morpholine rings is 1. The number of ether oxygens (including phenoxy) is 2. The van der Waals surface area contributed by atoms with Crippen LogP contribution in [0.2, 0.25) is 0 Å². The van der Waals surface area contributed by atoms with E-state index in [1.807, 2.05) is 12.1 Å². The Morgan fingerprint density at radius 2 is 2.03 bits per heavy atom. The largest absolute Gasteiger partial charge is 0.486 e. The van der Waals surface area contributed by atoms with Crippen LogP contribution in [-0.2, 0) is 4.74 Å². The SMILES string of the molecule is Fc1cnc(Nc2ncccc2C2COCCN2)nc1-c1cc(F)c2c(c1)N(C1CCC1)CCO2. The maximum Gasteiger partial charge on any atom is 0.229 e. The lowest BCUT2D eigenvalue weighted by Gasteiger charge is -2.42. The van der Waals surface area contributed by atoms with Gasteiger partial charge in [0.1, 0.15) is 18.1 Å². The van der Waals surface area contributed by atoms with Crippen LogP contribution in [0.1, 0.15) is 30.9 Å². The van der Waals surface area contributed by atoms with Gasteiger partial charge in [0.15, 0.2) is 17.4 Å². The van der Waals surface area contributed by atoms with E-state index in [0.29, 0.717) is 49.5 Å². The van der Waals surface area contributed by atoms with Crippen molar-refractivity contribution in [2.45, 2.75) is 31.3 Å². The number of halogens is 2. The highest BCUT2D eigenvalue weighted by Gasteiger charge is 2.32. The van der Waals surface area contributed by atoms with Gasteiger partial charge in [0.05, 0.1) is 37.7 Å². The zero-order valence-corrected chi connectivity index (χ0v) is 19.1. The highest BCUT2D eigenvalue weighted by Crippen LogP contribution is 2.42. The molecule has 1 saturated carbocycles. The van der Waals surface area contributed by atoms with E-state index in [1.54, 1.807) is 12.3 Å². The third-order valence-corrected chi connectivity index (χ3v) is 6.81. The Kier molecular flexibility index (Phi) is 5.91. The maximum absolute atomic E-state index is 15.1. The molecule has 2 fully saturated rings. The average Bonchev–Trinajstić information content (AvgIpc) is 2.85. The molecule has 8 nitrogen and oxygen atoms in total. The lowest BCUT2D eigenvalue weighted by molar-refractivity contribution is 0.0770. The predicted octanol–water partition coefficient (Wildman–Crippen LogP) is 3.97. The summed E-state index contributed by atoms with van der Waals surface area (Å²) in [6.45, 7) is 3.03. The van der Waals surface area contributed by atoms with Crippen LogP contribution in [-0.4, -0.2) is 53.9 Å². The molecule has 1 unspecified atom stereocenters. The van der Waals surface area contributed by atoms with Gasteiger partial charge in [-0.05, 0) is 37.5 Å². The van der Waals surface area contributed by atoms with Crippen molar-refractivity contribution in [1.82, 2.24) is 20.3 Å². The Labute approximate surface area is 201 Å². The number of benzene rings is 1. The van der Waals surface area contributed by atoms with Gasteiger partial charge in [0, 0.05) is 29.9 Å². The zero-order chi connectivity index (χ0) is 23.8. The summed E-state index contributed by atoms with van der Waals surface area (Å²) in [5.41, 5.74) is 1.90. The molecule has 1 saturated heterocycles. The van der Waals surface area contributed by atoms with E-state index in [4.69, 9.17) is 9.47 Å². The fraction of sp³-hybridized carbons (Fsp3) is 0.400. The highest BCUT2D eigenvalue weighted by atomic mass is 19.1. The van der Waals surface area contributed by atoms with Crippen LogP contribution in [0.5, 0.6) is 5.75 Å². The van der Waals surface area contributed by atoms with Gasteiger partial charge in [-0.1, -0.05) is 6.07 Å². The van der Waals surface area contributed by atoms with E-state index in [9.17, 15) is 4.39 Å². The topological polar surface area (TPSA) is 84.4 Å². The highest BCUT2D eigenvalue weighted by molar-refractivity contribution is 5.73. The van der Waals surface area contributed by atoms with Crippen molar-refractivity contribution in [2.75, 3.05) is 43.1 Å². The quantitative estimate of drug-likeness (QED) is 0.568. The summed E-state index contributed by atoms with van der Waals surface area (Å²) in [7, 11) is 0. The molecule has 0 bridgehead atoms. The van der Waals surface area contributed by atoms with Crippen LogP contribution < -0.4 is 20.3 Å². The molecule has 35 heavy (non-hydrogen) atoms. The molecular formula is C25H26F2N6O2. The van der Waals surface area contributed by atoms with E-state index in [0.717, 1.165) is 37.6 Å². The number of anilines is 3. The second-order valence-electron chi connectivity index (χ2n) is 8.97. The smallest absolute Gasteiger partial charge is 0.229 e. The van der Waals surface area contributed by atoms with Gasteiger partial charge in [-0.15, -0.1) is 0 Å². The Morgan fingerprint density at radius 1 is 1.11 bits per heavy atom. The predicted molar refractivity (Wildman–Crippen MR) is 127 cm³/mol. The van der Waals surface area contributed by atoms with Gasteiger partial charge in [0.25, 0.3) is 0 Å². The van der Waals surface area contributed by atoms with Crippen LogP contribution in [0.15, 0.2) is 36.7 Å². The van der Waals surface area contributed by atoms with E-state index in [1.165, 1.54) is 6.07 Å². The first-order valence-corrected chi connectivity index (χ1v) is 12.0. The summed E-state index contributed by atoms with van der Waals surface area (Å²) < 4.78 is 41.1. The summed E-state index contributed by atoms with van der Waals surface area (Å²) in [4.78, 5) is 15.1.